The third-order valence-electron chi connectivity index (χ3n) is 2.66. The number of ketones is 1. The summed E-state index contributed by atoms with van der Waals surface area (Å²) in [6.45, 7) is 4.49. The molecule has 2 N–H and O–H groups in total. The van der Waals surface area contributed by atoms with Crippen LogP contribution in [-0.2, 0) is 4.74 Å². The first kappa shape index (κ1) is 12.7. The standard InChI is InChI=1S/C13H19NO2/c1-9(8-16-3)7-13(15)11-5-4-6-12(14)10(11)2/h4-6,9H,7-8,14H2,1-3H3. The Morgan fingerprint density at radius 3 is 2.81 bits per heavy atom. The van der Waals surface area contributed by atoms with Crippen molar-refractivity contribution in [2.45, 2.75) is 20.3 Å². The highest BCUT2D eigenvalue weighted by Crippen LogP contribution is 2.18. The molecule has 1 rings (SSSR count). The van der Waals surface area contributed by atoms with Gasteiger partial charge >= 0.3 is 0 Å². The number of benzene rings is 1. The Morgan fingerprint density at radius 2 is 2.19 bits per heavy atom. The first-order valence-electron chi connectivity index (χ1n) is 5.43. The molecule has 0 fully saturated rings. The Kier molecular flexibility index (Phi) is 4.50. The molecule has 0 spiro atoms. The van der Waals surface area contributed by atoms with E-state index in [0.29, 0.717) is 18.7 Å². The van der Waals surface area contributed by atoms with Crippen molar-refractivity contribution in [2.75, 3.05) is 19.5 Å². The quantitative estimate of drug-likeness (QED) is 0.613. The van der Waals surface area contributed by atoms with Gasteiger partial charge in [-0.05, 0) is 24.5 Å². The average Bonchev–Trinajstić information content (AvgIpc) is 2.22. The molecular weight excluding hydrogens is 202 g/mol. The number of hydrogen-bond donors (Lipinski definition) is 1. The number of methoxy groups -OCH3 is 1. The average molecular weight is 221 g/mol. The van der Waals surface area contributed by atoms with Crippen LogP contribution in [0.5, 0.6) is 0 Å². The zero-order valence-electron chi connectivity index (χ0n) is 10.1. The van der Waals surface area contributed by atoms with Crippen LogP contribution in [0.4, 0.5) is 5.69 Å². The largest absolute Gasteiger partial charge is 0.398 e. The fraction of sp³-hybridized carbons (Fsp3) is 0.462. The Bertz CT molecular complexity index is 374. The van der Waals surface area contributed by atoms with Crippen LogP contribution in [0.15, 0.2) is 18.2 Å². The van der Waals surface area contributed by atoms with Crippen molar-refractivity contribution in [3.8, 4) is 0 Å². The number of hydrogen-bond acceptors (Lipinski definition) is 3. The number of nitrogen functional groups attached to an aromatic ring is 1. The molecule has 0 amide bonds. The Morgan fingerprint density at radius 1 is 1.50 bits per heavy atom. The molecular formula is C13H19NO2. The molecule has 3 nitrogen and oxygen atoms in total. The number of carbonyl (C=O) groups excluding carboxylic acids is 1. The van der Waals surface area contributed by atoms with Gasteiger partial charge in [0, 0.05) is 31.4 Å². The summed E-state index contributed by atoms with van der Waals surface area (Å²) < 4.78 is 5.02. The van der Waals surface area contributed by atoms with Crippen molar-refractivity contribution in [3.63, 3.8) is 0 Å². The zero-order chi connectivity index (χ0) is 12.1. The van der Waals surface area contributed by atoms with E-state index in [1.165, 1.54) is 0 Å². The maximum atomic E-state index is 12.0. The van der Waals surface area contributed by atoms with Crippen molar-refractivity contribution < 1.29 is 9.53 Å². The molecule has 1 aromatic rings. The highest BCUT2D eigenvalue weighted by molar-refractivity contribution is 5.98. The summed E-state index contributed by atoms with van der Waals surface area (Å²) in [4.78, 5) is 12.0. The first-order chi connectivity index (χ1) is 7.56. The SMILES string of the molecule is COCC(C)CC(=O)c1cccc(N)c1C. The molecule has 0 bridgehead atoms. The maximum Gasteiger partial charge on any atom is 0.163 e. The summed E-state index contributed by atoms with van der Waals surface area (Å²) >= 11 is 0. The van der Waals surface area contributed by atoms with Crippen LogP contribution < -0.4 is 5.73 Å². The van der Waals surface area contributed by atoms with Crippen LogP contribution in [0.2, 0.25) is 0 Å². The topological polar surface area (TPSA) is 52.3 Å². The maximum absolute atomic E-state index is 12.0. The molecule has 1 aromatic carbocycles. The summed E-state index contributed by atoms with van der Waals surface area (Å²) in [5.41, 5.74) is 8.04. The highest BCUT2D eigenvalue weighted by atomic mass is 16.5. The zero-order valence-corrected chi connectivity index (χ0v) is 10.1. The van der Waals surface area contributed by atoms with E-state index < -0.39 is 0 Å². The van der Waals surface area contributed by atoms with Crippen molar-refractivity contribution >= 4 is 11.5 Å². The number of carbonyl (C=O) groups is 1. The number of rotatable bonds is 5. The Hall–Kier alpha value is -1.35. The second-order valence-corrected chi connectivity index (χ2v) is 4.21. The molecule has 1 atom stereocenters. The van der Waals surface area contributed by atoms with E-state index >= 15 is 0 Å². The van der Waals surface area contributed by atoms with Gasteiger partial charge in [-0.2, -0.15) is 0 Å². The van der Waals surface area contributed by atoms with E-state index in [9.17, 15) is 4.79 Å². The lowest BCUT2D eigenvalue weighted by molar-refractivity contribution is 0.0919. The van der Waals surface area contributed by atoms with Gasteiger partial charge in [0.1, 0.15) is 0 Å². The molecule has 1 unspecified atom stereocenters. The van der Waals surface area contributed by atoms with Gasteiger partial charge in [-0.1, -0.05) is 19.1 Å². The number of anilines is 1. The van der Waals surface area contributed by atoms with Gasteiger partial charge < -0.3 is 10.5 Å². The van der Waals surface area contributed by atoms with Crippen LogP contribution >= 0.6 is 0 Å². The summed E-state index contributed by atoms with van der Waals surface area (Å²) in [7, 11) is 1.65. The fourth-order valence-corrected chi connectivity index (χ4v) is 1.73. The third kappa shape index (κ3) is 3.07. The van der Waals surface area contributed by atoms with Gasteiger partial charge in [0.05, 0.1) is 0 Å². The van der Waals surface area contributed by atoms with E-state index in [2.05, 4.69) is 0 Å². The molecule has 0 aliphatic rings. The Balaban J connectivity index is 2.77. The molecule has 0 saturated heterocycles. The molecule has 0 radical (unpaired) electrons. The van der Waals surface area contributed by atoms with Crippen LogP contribution in [-0.4, -0.2) is 19.5 Å². The minimum absolute atomic E-state index is 0.134. The Labute approximate surface area is 96.6 Å². The number of Topliss-reactive ketones (excluding diaryl/α,β-unsaturated/α-hetero) is 1. The van der Waals surface area contributed by atoms with Crippen molar-refractivity contribution in [1.82, 2.24) is 0 Å². The lowest BCUT2D eigenvalue weighted by atomic mass is 9.96. The van der Waals surface area contributed by atoms with Gasteiger partial charge in [-0.15, -0.1) is 0 Å². The summed E-state index contributed by atoms with van der Waals surface area (Å²) in [6, 6.07) is 5.45. The second-order valence-electron chi connectivity index (χ2n) is 4.21. The monoisotopic (exact) mass is 221 g/mol. The smallest absolute Gasteiger partial charge is 0.163 e. The molecule has 0 heterocycles. The van der Waals surface area contributed by atoms with Gasteiger partial charge in [0.25, 0.3) is 0 Å². The van der Waals surface area contributed by atoms with Crippen molar-refractivity contribution in [2.24, 2.45) is 5.92 Å². The number of ether oxygens (including phenoxy) is 1. The van der Waals surface area contributed by atoms with Crippen molar-refractivity contribution in [1.29, 1.82) is 0 Å². The normalized spacial score (nSPS) is 12.4. The van der Waals surface area contributed by atoms with Crippen molar-refractivity contribution in [3.05, 3.63) is 29.3 Å². The van der Waals surface area contributed by atoms with Gasteiger partial charge in [-0.25, -0.2) is 0 Å². The predicted octanol–water partition coefficient (Wildman–Crippen LogP) is 2.43. The molecule has 0 saturated carbocycles. The molecule has 0 aromatic heterocycles. The van der Waals surface area contributed by atoms with Gasteiger partial charge in [0.15, 0.2) is 5.78 Å². The van der Waals surface area contributed by atoms with E-state index in [0.717, 1.165) is 11.1 Å². The second kappa shape index (κ2) is 5.66. The lowest BCUT2D eigenvalue weighted by Crippen LogP contribution is -2.12. The highest BCUT2D eigenvalue weighted by Gasteiger charge is 2.14. The molecule has 3 heteroatoms. The van der Waals surface area contributed by atoms with E-state index in [4.69, 9.17) is 10.5 Å². The van der Waals surface area contributed by atoms with E-state index in [1.54, 1.807) is 7.11 Å². The fourth-order valence-electron chi connectivity index (χ4n) is 1.73. The minimum Gasteiger partial charge on any atom is -0.398 e. The van der Waals surface area contributed by atoms with E-state index in [-0.39, 0.29) is 11.7 Å². The third-order valence-corrected chi connectivity index (χ3v) is 2.66. The number of nitrogens with two attached hydrogens (primary N) is 1. The van der Waals surface area contributed by atoms with Crippen LogP contribution in [0, 0.1) is 12.8 Å². The summed E-state index contributed by atoms with van der Waals surface area (Å²) in [5, 5.41) is 0. The molecule has 0 aliphatic carbocycles. The van der Waals surface area contributed by atoms with Crippen LogP contribution in [0.3, 0.4) is 0 Å². The molecule has 16 heavy (non-hydrogen) atoms. The molecule has 0 aliphatic heterocycles. The lowest BCUT2D eigenvalue weighted by Gasteiger charge is -2.11. The summed E-state index contributed by atoms with van der Waals surface area (Å²) in [5.74, 6) is 0.368. The van der Waals surface area contributed by atoms with Crippen LogP contribution in [0.1, 0.15) is 29.3 Å². The first-order valence-corrected chi connectivity index (χ1v) is 5.43. The van der Waals surface area contributed by atoms with Crippen LogP contribution in [0.25, 0.3) is 0 Å². The van der Waals surface area contributed by atoms with Gasteiger partial charge in [-0.3, -0.25) is 4.79 Å². The van der Waals surface area contributed by atoms with Gasteiger partial charge in [0.2, 0.25) is 0 Å². The summed E-state index contributed by atoms with van der Waals surface area (Å²) in [6.07, 6.45) is 0.498. The molecule has 88 valence electrons. The van der Waals surface area contributed by atoms with E-state index in [1.807, 2.05) is 32.0 Å². The minimum atomic E-state index is 0.134. The predicted molar refractivity (Wildman–Crippen MR) is 65.6 cm³/mol.